The lowest BCUT2D eigenvalue weighted by Crippen LogP contribution is -2.51. The van der Waals surface area contributed by atoms with Crippen molar-refractivity contribution in [1.82, 2.24) is 40.4 Å². The third kappa shape index (κ3) is 8.22. The Kier molecular flexibility index (Phi) is 12.0. The number of nitrogens with zero attached hydrogens (tertiary/aromatic N) is 4. The molecule has 16 nitrogen and oxygen atoms in total. The molecule has 0 saturated carbocycles. The van der Waals surface area contributed by atoms with Gasteiger partial charge < -0.3 is 49.3 Å². The van der Waals surface area contributed by atoms with Crippen LogP contribution in [0.25, 0.3) is 55.1 Å². The molecule has 4 amide bonds. The van der Waals surface area contributed by atoms with Gasteiger partial charge in [-0.25, -0.2) is 19.6 Å². The number of aromatic amines is 2. The Bertz CT molecular complexity index is 3080. The smallest absolute Gasteiger partial charge is 0.407 e. The fraction of sp³-hybridized carbons (Fsp3) is 0.346. The molecule has 2 fully saturated rings. The molecule has 3 aliphatic heterocycles. The SMILES string of the molecule is COCC1CC(c2nc3c(ccc4cc5c(cc43)OCc3cc(-c4ccc6nc(C7CCCN7C(=O)C(NC(=O)OC)C(C)C)[nH]c6c4)ccc3-5)[nH]2)N(C(=O)C(NC(=O)OC)c2ccccc2)C1. The van der Waals surface area contributed by atoms with E-state index < -0.39 is 30.3 Å². The van der Waals surface area contributed by atoms with E-state index in [2.05, 4.69) is 69.1 Å². The van der Waals surface area contributed by atoms with Crippen LogP contribution in [-0.4, -0.2) is 101 Å². The fourth-order valence-corrected chi connectivity index (χ4v) is 10.3. The first-order valence-electron chi connectivity index (χ1n) is 23.1. The molecule has 5 heterocycles. The van der Waals surface area contributed by atoms with E-state index in [9.17, 15) is 19.2 Å². The van der Waals surface area contributed by atoms with E-state index in [4.69, 9.17) is 28.9 Å². The number of likely N-dealkylation sites (tertiary alicyclic amines) is 2. The summed E-state index contributed by atoms with van der Waals surface area (Å²) in [4.78, 5) is 73.5. The van der Waals surface area contributed by atoms with Crippen LogP contribution in [0.1, 0.15) is 74.0 Å². The monoisotopic (exact) mass is 918 g/mol. The second kappa shape index (κ2) is 18.3. The molecule has 7 aromatic rings. The number of carbonyl (C=O) groups excluding carboxylic acids is 4. The number of benzene rings is 5. The standard InChI is InChI=1S/C52H54N8O8/c1-28(2)44(57-51(63)66-4)49(61)59-19-9-12-41(59)47-53-38-17-14-32(23-40(38)55-47)31-13-16-35-34(21-31)27-68-43-24-36-33(22-37(35)43)15-18-39-46(36)56-48(54-39)42-20-29(26-65-3)25-60(42)50(62)45(58-52(64)67-5)30-10-7-6-8-11-30/h6-8,10-11,13-18,21-24,28-29,41-42,44-45H,9,12,19-20,25-27H2,1-5H3,(H,53,55)(H,54,56)(H,57,63)(H,58,64). The van der Waals surface area contributed by atoms with E-state index in [0.717, 1.165) is 85.1 Å². The molecular weight excluding hydrogens is 865 g/mol. The summed E-state index contributed by atoms with van der Waals surface area (Å²) in [5.74, 6) is 1.68. The lowest BCUT2D eigenvalue weighted by molar-refractivity contribution is -0.136. The van der Waals surface area contributed by atoms with E-state index in [1.807, 2.05) is 61.2 Å². The highest BCUT2D eigenvalue weighted by Crippen LogP contribution is 2.44. The number of amides is 4. The lowest BCUT2D eigenvalue weighted by Gasteiger charge is -2.29. The predicted molar refractivity (Wildman–Crippen MR) is 255 cm³/mol. The van der Waals surface area contributed by atoms with Gasteiger partial charge in [0, 0.05) is 37.1 Å². The van der Waals surface area contributed by atoms with Gasteiger partial charge in [0.05, 0.1) is 55.0 Å². The van der Waals surface area contributed by atoms with E-state index >= 15 is 0 Å². The van der Waals surface area contributed by atoms with Crippen molar-refractivity contribution in [3.8, 4) is 28.0 Å². The number of methoxy groups -OCH3 is 3. The second-order valence-corrected chi connectivity index (χ2v) is 18.3. The van der Waals surface area contributed by atoms with Crippen molar-refractivity contribution in [2.24, 2.45) is 11.8 Å². The second-order valence-electron chi connectivity index (χ2n) is 18.3. The molecule has 0 bridgehead atoms. The van der Waals surface area contributed by atoms with Crippen LogP contribution in [0.4, 0.5) is 9.59 Å². The summed E-state index contributed by atoms with van der Waals surface area (Å²) in [7, 11) is 4.23. The summed E-state index contributed by atoms with van der Waals surface area (Å²) in [6.45, 7) is 5.68. The van der Waals surface area contributed by atoms with Gasteiger partial charge in [0.2, 0.25) is 5.91 Å². The Morgan fingerprint density at radius 2 is 1.53 bits per heavy atom. The van der Waals surface area contributed by atoms with Crippen LogP contribution in [-0.2, 0) is 30.4 Å². The number of carbonyl (C=O) groups is 4. The number of hydrogen-bond donors (Lipinski definition) is 4. The van der Waals surface area contributed by atoms with Crippen LogP contribution in [0.5, 0.6) is 5.75 Å². The molecule has 0 aliphatic carbocycles. The van der Waals surface area contributed by atoms with Crippen LogP contribution in [0.2, 0.25) is 0 Å². The van der Waals surface area contributed by atoms with E-state index in [-0.39, 0.29) is 29.7 Å². The van der Waals surface area contributed by atoms with Gasteiger partial charge in [-0.1, -0.05) is 68.4 Å². The molecular formula is C52H54N8O8. The number of fused-ring (bicyclic) bond motifs is 7. The normalized spacial score (nSPS) is 18.6. The molecule has 16 heteroatoms. The van der Waals surface area contributed by atoms with Crippen molar-refractivity contribution in [3.05, 3.63) is 114 Å². The summed E-state index contributed by atoms with van der Waals surface area (Å²) >= 11 is 0. The summed E-state index contributed by atoms with van der Waals surface area (Å²) in [5, 5.41) is 7.40. The van der Waals surface area contributed by atoms with Gasteiger partial charge in [-0.05, 0) is 94.8 Å². The minimum Gasteiger partial charge on any atom is -0.488 e. The minimum absolute atomic E-state index is 0.0603. The number of alkyl carbamates (subject to hydrolysis) is 2. The predicted octanol–water partition coefficient (Wildman–Crippen LogP) is 8.50. The number of rotatable bonds is 11. The van der Waals surface area contributed by atoms with E-state index in [1.54, 1.807) is 12.0 Å². The number of imidazole rings is 2. The number of H-pyrrole nitrogens is 2. The minimum atomic E-state index is -0.954. The van der Waals surface area contributed by atoms with Gasteiger partial charge in [0.1, 0.15) is 36.1 Å². The fourth-order valence-electron chi connectivity index (χ4n) is 10.3. The number of aromatic nitrogens is 4. The highest BCUT2D eigenvalue weighted by molar-refractivity contribution is 6.07. The van der Waals surface area contributed by atoms with Crippen molar-refractivity contribution in [2.75, 3.05) is 41.0 Å². The largest absolute Gasteiger partial charge is 0.488 e. The van der Waals surface area contributed by atoms with Crippen molar-refractivity contribution >= 4 is 56.8 Å². The number of nitrogens with one attached hydrogen (secondary N) is 4. The number of hydrogen-bond acceptors (Lipinski definition) is 10. The summed E-state index contributed by atoms with van der Waals surface area (Å²) < 4.78 is 21.8. The zero-order chi connectivity index (χ0) is 47.2. The molecule has 0 spiro atoms. The lowest BCUT2D eigenvalue weighted by atomic mass is 9.91. The van der Waals surface area contributed by atoms with Crippen molar-refractivity contribution in [2.45, 2.75) is 63.9 Å². The zero-order valence-electron chi connectivity index (χ0n) is 38.6. The highest BCUT2D eigenvalue weighted by Gasteiger charge is 2.42. The first-order valence-corrected chi connectivity index (χ1v) is 23.1. The average molecular weight is 919 g/mol. The summed E-state index contributed by atoms with van der Waals surface area (Å²) in [5.41, 5.74) is 9.15. The molecule has 2 saturated heterocycles. The van der Waals surface area contributed by atoms with Crippen LogP contribution in [0, 0.1) is 11.8 Å². The van der Waals surface area contributed by atoms with Crippen LogP contribution in [0.3, 0.4) is 0 Å². The number of ether oxygens (including phenoxy) is 4. The van der Waals surface area contributed by atoms with Crippen molar-refractivity contribution in [3.63, 3.8) is 0 Å². The van der Waals surface area contributed by atoms with E-state index in [1.165, 1.54) is 14.2 Å². The first kappa shape index (κ1) is 44.4. The van der Waals surface area contributed by atoms with Crippen LogP contribution < -0.4 is 15.4 Å². The van der Waals surface area contributed by atoms with Crippen molar-refractivity contribution in [1.29, 1.82) is 0 Å². The molecule has 2 aromatic heterocycles. The third-order valence-corrected chi connectivity index (χ3v) is 13.7. The first-order chi connectivity index (χ1) is 33.0. The zero-order valence-corrected chi connectivity index (χ0v) is 38.6. The maximum absolute atomic E-state index is 14.4. The quantitative estimate of drug-likeness (QED) is 0.0978. The van der Waals surface area contributed by atoms with Crippen molar-refractivity contribution < 1.29 is 38.1 Å². The van der Waals surface area contributed by atoms with Crippen LogP contribution in [0.15, 0.2) is 91.0 Å². The molecule has 4 N–H and O–H groups in total. The molecule has 68 heavy (non-hydrogen) atoms. The summed E-state index contributed by atoms with van der Waals surface area (Å²) in [6.07, 6.45) is 0.905. The maximum Gasteiger partial charge on any atom is 0.407 e. The Morgan fingerprint density at radius 3 is 2.31 bits per heavy atom. The van der Waals surface area contributed by atoms with Gasteiger partial charge in [0.25, 0.3) is 5.91 Å². The maximum atomic E-state index is 14.4. The third-order valence-electron chi connectivity index (χ3n) is 13.7. The van der Waals surface area contributed by atoms with Crippen LogP contribution >= 0.6 is 0 Å². The highest BCUT2D eigenvalue weighted by atomic mass is 16.5. The molecule has 10 rings (SSSR count). The Morgan fingerprint density at radius 1 is 0.779 bits per heavy atom. The van der Waals surface area contributed by atoms with Gasteiger partial charge in [-0.3, -0.25) is 9.59 Å². The summed E-state index contributed by atoms with van der Waals surface area (Å²) in [6, 6.07) is 27.8. The molecule has 350 valence electrons. The Labute approximate surface area is 392 Å². The topological polar surface area (TPSA) is 193 Å². The molecule has 5 aromatic carbocycles. The average Bonchev–Trinajstić information content (AvgIpc) is 4.19. The van der Waals surface area contributed by atoms with Gasteiger partial charge in [0.15, 0.2) is 0 Å². The van der Waals surface area contributed by atoms with E-state index in [0.29, 0.717) is 44.1 Å². The van der Waals surface area contributed by atoms with Gasteiger partial charge in [-0.2, -0.15) is 0 Å². The Balaban J connectivity index is 0.912. The molecule has 0 radical (unpaired) electrons. The molecule has 5 atom stereocenters. The van der Waals surface area contributed by atoms with Gasteiger partial charge in [-0.15, -0.1) is 0 Å². The Hall–Kier alpha value is -7.46. The molecule has 3 aliphatic rings. The van der Waals surface area contributed by atoms with Gasteiger partial charge >= 0.3 is 12.2 Å². The molecule has 5 unspecified atom stereocenters.